The van der Waals surface area contributed by atoms with Crippen LogP contribution in [0.4, 0.5) is 0 Å². The summed E-state index contributed by atoms with van der Waals surface area (Å²) in [5, 5.41) is 4.01. The molecule has 1 amide bonds. The number of methoxy groups -OCH3 is 1. The third kappa shape index (κ3) is 2.81. The van der Waals surface area contributed by atoms with Crippen molar-refractivity contribution < 1.29 is 19.2 Å². The maximum absolute atomic E-state index is 13.3. The first kappa shape index (κ1) is 19.2. The lowest BCUT2D eigenvalue weighted by Crippen LogP contribution is -2.54. The van der Waals surface area contributed by atoms with E-state index in [2.05, 4.69) is 0 Å². The third-order valence-electron chi connectivity index (χ3n) is 5.38. The minimum Gasteiger partial charge on any atom is -0.498 e. The van der Waals surface area contributed by atoms with Gasteiger partial charge in [0.2, 0.25) is 0 Å². The molecule has 2 heterocycles. The fourth-order valence-electron chi connectivity index (χ4n) is 4.26. The number of piperidine rings is 1. The molecule has 1 spiro atoms. The van der Waals surface area contributed by atoms with E-state index in [-0.39, 0.29) is 5.91 Å². The van der Waals surface area contributed by atoms with E-state index < -0.39 is 5.54 Å². The van der Waals surface area contributed by atoms with Crippen molar-refractivity contribution in [2.24, 2.45) is 0 Å². The Balaban J connectivity index is 2.17. The summed E-state index contributed by atoms with van der Waals surface area (Å²) < 4.78 is 5.83. The maximum Gasteiger partial charge on any atom is 0.282 e. The van der Waals surface area contributed by atoms with Gasteiger partial charge in [-0.1, -0.05) is 11.6 Å². The molecule has 1 aromatic rings. The smallest absolute Gasteiger partial charge is 0.282 e. The molecule has 0 bridgehead atoms. The van der Waals surface area contributed by atoms with Crippen LogP contribution in [0.5, 0.6) is 0 Å². The highest BCUT2D eigenvalue weighted by Crippen LogP contribution is 2.47. The van der Waals surface area contributed by atoms with E-state index in [0.29, 0.717) is 42.3 Å². The lowest BCUT2D eigenvalue weighted by Gasteiger charge is -2.43. The van der Waals surface area contributed by atoms with Crippen molar-refractivity contribution in [1.82, 2.24) is 10.1 Å². The Morgan fingerprint density at radius 3 is 2.08 bits per heavy atom. The molecule has 0 atom stereocenters. The highest BCUT2D eigenvalue weighted by Gasteiger charge is 2.55. The van der Waals surface area contributed by atoms with E-state index in [4.69, 9.17) is 26.0 Å². The Bertz CT molecular complexity index is 731. The first-order valence-corrected chi connectivity index (χ1v) is 9.01. The molecule has 3 rings (SSSR count). The molecule has 0 aliphatic carbocycles. The molecule has 0 N–H and O–H groups in total. The van der Waals surface area contributed by atoms with Crippen LogP contribution in [-0.2, 0) is 19.2 Å². The van der Waals surface area contributed by atoms with Gasteiger partial charge in [0.1, 0.15) is 11.3 Å². The molecule has 1 aromatic carbocycles. The number of amides is 1. The lowest BCUT2D eigenvalue weighted by atomic mass is 9.85. The molecule has 6 nitrogen and oxygen atoms in total. The standard InChI is InChI=1S/C19H25ClN2O4/c1-12-10-14(20)11-13(2)15(12)16-17(24-3)19(22(26-5)18(16)23)6-8-21(25-4)9-7-19/h10-11H,6-9H2,1-5H3. The van der Waals surface area contributed by atoms with Gasteiger partial charge >= 0.3 is 0 Å². The number of hydrogen-bond acceptors (Lipinski definition) is 5. The minimum absolute atomic E-state index is 0.177. The summed E-state index contributed by atoms with van der Waals surface area (Å²) in [6, 6.07) is 3.74. The molecule has 26 heavy (non-hydrogen) atoms. The lowest BCUT2D eigenvalue weighted by molar-refractivity contribution is -0.222. The second-order valence-electron chi connectivity index (χ2n) is 6.75. The molecule has 0 unspecified atom stereocenters. The predicted molar refractivity (Wildman–Crippen MR) is 99.3 cm³/mol. The number of aryl methyl sites for hydroxylation is 2. The van der Waals surface area contributed by atoms with Crippen LogP contribution in [0, 0.1) is 13.8 Å². The van der Waals surface area contributed by atoms with Crippen molar-refractivity contribution in [2.45, 2.75) is 32.2 Å². The van der Waals surface area contributed by atoms with E-state index in [0.717, 1.165) is 16.7 Å². The Hall–Kier alpha value is -1.60. The van der Waals surface area contributed by atoms with Crippen LogP contribution in [0.15, 0.2) is 17.9 Å². The van der Waals surface area contributed by atoms with Gasteiger partial charge < -0.3 is 9.57 Å². The zero-order chi connectivity index (χ0) is 19.1. The molecule has 0 aromatic heterocycles. The first-order valence-electron chi connectivity index (χ1n) is 8.63. The largest absolute Gasteiger partial charge is 0.498 e. The quantitative estimate of drug-likeness (QED) is 0.803. The van der Waals surface area contributed by atoms with E-state index in [9.17, 15) is 4.79 Å². The highest BCUT2D eigenvalue weighted by atomic mass is 35.5. The molecule has 2 aliphatic rings. The normalized spacial score (nSPS) is 20.4. The van der Waals surface area contributed by atoms with Gasteiger partial charge in [0.25, 0.3) is 5.91 Å². The number of ether oxygens (including phenoxy) is 1. The second-order valence-corrected chi connectivity index (χ2v) is 7.18. The molecule has 1 saturated heterocycles. The van der Waals surface area contributed by atoms with Gasteiger partial charge in [0.15, 0.2) is 0 Å². The van der Waals surface area contributed by atoms with E-state index >= 15 is 0 Å². The number of carbonyl (C=O) groups excluding carboxylic acids is 1. The number of benzene rings is 1. The Morgan fingerprint density at radius 2 is 1.62 bits per heavy atom. The Kier molecular flexibility index (Phi) is 5.30. The number of carbonyl (C=O) groups is 1. The number of rotatable bonds is 4. The van der Waals surface area contributed by atoms with Crippen LogP contribution >= 0.6 is 11.6 Å². The fourth-order valence-corrected chi connectivity index (χ4v) is 4.59. The summed E-state index contributed by atoms with van der Waals surface area (Å²) in [7, 11) is 4.80. The summed E-state index contributed by atoms with van der Waals surface area (Å²) in [6.45, 7) is 5.28. The second kappa shape index (κ2) is 7.19. The van der Waals surface area contributed by atoms with Crippen molar-refractivity contribution in [1.29, 1.82) is 0 Å². The van der Waals surface area contributed by atoms with Gasteiger partial charge in [-0.05, 0) is 55.5 Å². The number of hydrogen-bond donors (Lipinski definition) is 0. The Labute approximate surface area is 159 Å². The summed E-state index contributed by atoms with van der Waals surface area (Å²) >= 11 is 6.18. The highest BCUT2D eigenvalue weighted by molar-refractivity contribution is 6.31. The Morgan fingerprint density at radius 1 is 1.04 bits per heavy atom. The van der Waals surface area contributed by atoms with Crippen LogP contribution in [0.1, 0.15) is 29.5 Å². The van der Waals surface area contributed by atoms with Crippen LogP contribution in [0.25, 0.3) is 5.57 Å². The first-order chi connectivity index (χ1) is 12.4. The molecule has 142 valence electrons. The van der Waals surface area contributed by atoms with Crippen molar-refractivity contribution >= 4 is 23.1 Å². The van der Waals surface area contributed by atoms with Gasteiger partial charge in [-0.2, -0.15) is 5.06 Å². The SMILES string of the molecule is COC1=C(c2c(C)cc(Cl)cc2C)C(=O)N(OC)C12CCN(OC)CC2. The van der Waals surface area contributed by atoms with Crippen molar-refractivity contribution in [3.63, 3.8) is 0 Å². The van der Waals surface area contributed by atoms with Crippen molar-refractivity contribution in [3.8, 4) is 0 Å². The molecule has 7 heteroatoms. The van der Waals surface area contributed by atoms with Crippen molar-refractivity contribution in [2.75, 3.05) is 34.4 Å². The average Bonchev–Trinajstić information content (AvgIpc) is 2.82. The number of nitrogens with zero attached hydrogens (tertiary/aromatic N) is 2. The van der Waals surface area contributed by atoms with Gasteiger partial charge in [-0.3, -0.25) is 9.63 Å². The zero-order valence-corrected chi connectivity index (χ0v) is 16.6. The third-order valence-corrected chi connectivity index (χ3v) is 5.60. The molecule has 2 aliphatic heterocycles. The topological polar surface area (TPSA) is 51.2 Å². The summed E-state index contributed by atoms with van der Waals surface area (Å²) in [5.74, 6) is 0.484. The average molecular weight is 381 g/mol. The van der Waals surface area contributed by atoms with Crippen LogP contribution < -0.4 is 0 Å². The zero-order valence-electron chi connectivity index (χ0n) is 15.9. The molecule has 0 radical (unpaired) electrons. The number of hydroxylamine groups is 4. The molecular weight excluding hydrogens is 356 g/mol. The van der Waals surface area contributed by atoms with Crippen LogP contribution in [0.3, 0.4) is 0 Å². The molecule has 1 fully saturated rings. The molecule has 0 saturated carbocycles. The van der Waals surface area contributed by atoms with Gasteiger partial charge in [0, 0.05) is 18.1 Å². The fraction of sp³-hybridized carbons (Fsp3) is 0.526. The number of halogens is 1. The maximum atomic E-state index is 13.3. The van der Waals surface area contributed by atoms with Crippen LogP contribution in [0.2, 0.25) is 5.02 Å². The van der Waals surface area contributed by atoms with Gasteiger partial charge in [-0.25, -0.2) is 5.06 Å². The van der Waals surface area contributed by atoms with E-state index in [1.54, 1.807) is 14.2 Å². The summed E-state index contributed by atoms with van der Waals surface area (Å²) in [5.41, 5.74) is 2.69. The monoisotopic (exact) mass is 380 g/mol. The van der Waals surface area contributed by atoms with Gasteiger partial charge in [0.05, 0.1) is 26.9 Å². The predicted octanol–water partition coefficient (Wildman–Crippen LogP) is 3.11. The summed E-state index contributed by atoms with van der Waals surface area (Å²) in [4.78, 5) is 24.2. The van der Waals surface area contributed by atoms with Crippen molar-refractivity contribution in [3.05, 3.63) is 39.6 Å². The van der Waals surface area contributed by atoms with Gasteiger partial charge in [-0.15, -0.1) is 0 Å². The summed E-state index contributed by atoms with van der Waals surface area (Å²) in [6.07, 6.45) is 1.33. The minimum atomic E-state index is -0.622. The van der Waals surface area contributed by atoms with E-state index in [1.165, 1.54) is 12.2 Å². The van der Waals surface area contributed by atoms with Crippen LogP contribution in [-0.4, -0.2) is 56.0 Å². The molecular formula is C19H25ClN2O4. The van der Waals surface area contributed by atoms with E-state index in [1.807, 2.05) is 31.0 Å².